The summed E-state index contributed by atoms with van der Waals surface area (Å²) in [6.45, 7) is 3.20. The Balaban J connectivity index is 1.61. The summed E-state index contributed by atoms with van der Waals surface area (Å²) >= 11 is 0. The predicted octanol–water partition coefficient (Wildman–Crippen LogP) is 3.46. The van der Waals surface area contributed by atoms with Gasteiger partial charge >= 0.3 is 0 Å². The summed E-state index contributed by atoms with van der Waals surface area (Å²) in [4.78, 5) is 16.1. The summed E-state index contributed by atoms with van der Waals surface area (Å²) < 4.78 is 33.6. The van der Waals surface area contributed by atoms with Crippen LogP contribution in [0.25, 0.3) is 5.69 Å². The van der Waals surface area contributed by atoms with E-state index in [2.05, 4.69) is 15.5 Å². The zero-order valence-electron chi connectivity index (χ0n) is 15.3. The molecule has 0 aliphatic carbocycles. The SMILES string of the molecule is C/C(=N\NC(=O)C(C)Oc1ccc(F)cc1F)c1ccc(-n2ccnc2)cc1. The fourth-order valence-corrected chi connectivity index (χ4v) is 2.40. The van der Waals surface area contributed by atoms with Gasteiger partial charge in [-0.2, -0.15) is 5.10 Å². The number of hydrazone groups is 1. The van der Waals surface area contributed by atoms with E-state index in [0.717, 1.165) is 23.4 Å². The van der Waals surface area contributed by atoms with Gasteiger partial charge in [-0.15, -0.1) is 0 Å². The molecule has 0 saturated carbocycles. The first-order valence-corrected chi connectivity index (χ1v) is 8.48. The molecule has 0 spiro atoms. The molecular formula is C20H18F2N4O2. The molecule has 6 nitrogen and oxygen atoms in total. The molecule has 2 aromatic carbocycles. The van der Waals surface area contributed by atoms with Crippen LogP contribution < -0.4 is 10.2 Å². The minimum Gasteiger partial charge on any atom is -0.478 e. The molecule has 1 amide bonds. The standard InChI is InChI=1S/C20H18F2N4O2/c1-13(15-3-6-17(7-4-15)26-10-9-23-12-26)24-25-20(27)14(2)28-19-8-5-16(21)11-18(19)22/h3-12,14H,1-2H3,(H,25,27)/b24-13+. The Kier molecular flexibility index (Phi) is 5.78. The Morgan fingerprint density at radius 2 is 1.96 bits per heavy atom. The maximum Gasteiger partial charge on any atom is 0.280 e. The van der Waals surface area contributed by atoms with Crippen LogP contribution in [0, 0.1) is 11.6 Å². The molecule has 1 heterocycles. The molecule has 3 rings (SSSR count). The Morgan fingerprint density at radius 3 is 2.61 bits per heavy atom. The van der Waals surface area contributed by atoms with E-state index in [1.807, 2.05) is 35.0 Å². The summed E-state index contributed by atoms with van der Waals surface area (Å²) in [6.07, 6.45) is 4.21. The number of hydrogen-bond donors (Lipinski definition) is 1. The normalized spacial score (nSPS) is 12.5. The molecular weight excluding hydrogens is 366 g/mol. The van der Waals surface area contributed by atoms with Crippen LogP contribution in [0.3, 0.4) is 0 Å². The van der Waals surface area contributed by atoms with Gasteiger partial charge < -0.3 is 9.30 Å². The molecule has 3 aromatic rings. The molecule has 1 aromatic heterocycles. The summed E-state index contributed by atoms with van der Waals surface area (Å²) in [7, 11) is 0. The van der Waals surface area contributed by atoms with Crippen molar-refractivity contribution in [2.24, 2.45) is 5.10 Å². The van der Waals surface area contributed by atoms with Crippen LogP contribution in [0.2, 0.25) is 0 Å². The maximum absolute atomic E-state index is 13.6. The number of benzene rings is 2. The van der Waals surface area contributed by atoms with Crippen molar-refractivity contribution in [2.75, 3.05) is 0 Å². The quantitative estimate of drug-likeness (QED) is 0.523. The molecule has 0 radical (unpaired) electrons. The third-order valence-corrected chi connectivity index (χ3v) is 3.99. The third kappa shape index (κ3) is 4.59. The van der Waals surface area contributed by atoms with E-state index >= 15 is 0 Å². The van der Waals surface area contributed by atoms with Crippen LogP contribution in [0.4, 0.5) is 8.78 Å². The zero-order valence-corrected chi connectivity index (χ0v) is 15.3. The largest absolute Gasteiger partial charge is 0.478 e. The second-order valence-electron chi connectivity index (χ2n) is 6.02. The number of imidazole rings is 1. The number of ether oxygens (including phenoxy) is 1. The number of nitrogens with one attached hydrogen (secondary N) is 1. The van der Waals surface area contributed by atoms with Crippen molar-refractivity contribution in [1.82, 2.24) is 15.0 Å². The number of carbonyl (C=O) groups is 1. The lowest BCUT2D eigenvalue weighted by atomic mass is 10.1. The number of carbonyl (C=O) groups excluding carboxylic acids is 1. The Bertz CT molecular complexity index is 986. The summed E-state index contributed by atoms with van der Waals surface area (Å²) in [5, 5.41) is 4.05. The fourth-order valence-electron chi connectivity index (χ4n) is 2.40. The van der Waals surface area contributed by atoms with Gasteiger partial charge in [0.1, 0.15) is 5.82 Å². The number of rotatable bonds is 6. The molecule has 1 unspecified atom stereocenters. The lowest BCUT2D eigenvalue weighted by Crippen LogP contribution is -2.34. The van der Waals surface area contributed by atoms with Crippen LogP contribution in [-0.4, -0.2) is 27.3 Å². The van der Waals surface area contributed by atoms with Crippen molar-refractivity contribution in [2.45, 2.75) is 20.0 Å². The third-order valence-electron chi connectivity index (χ3n) is 3.99. The van der Waals surface area contributed by atoms with Crippen LogP contribution in [0.5, 0.6) is 5.75 Å². The molecule has 1 atom stereocenters. The first-order chi connectivity index (χ1) is 13.4. The fraction of sp³-hybridized carbons (Fsp3) is 0.150. The number of hydrogen-bond acceptors (Lipinski definition) is 4. The van der Waals surface area contributed by atoms with Crippen molar-refractivity contribution in [3.05, 3.63) is 78.4 Å². The summed E-state index contributed by atoms with van der Waals surface area (Å²) in [5.74, 6) is -2.36. The first-order valence-electron chi connectivity index (χ1n) is 8.48. The van der Waals surface area contributed by atoms with E-state index < -0.39 is 23.6 Å². The lowest BCUT2D eigenvalue weighted by Gasteiger charge is -2.14. The summed E-state index contributed by atoms with van der Waals surface area (Å²) in [5.41, 5.74) is 4.74. The lowest BCUT2D eigenvalue weighted by molar-refractivity contribution is -0.127. The van der Waals surface area contributed by atoms with Gasteiger partial charge in [-0.05, 0) is 43.7 Å². The van der Waals surface area contributed by atoms with E-state index in [1.165, 1.54) is 6.92 Å². The van der Waals surface area contributed by atoms with E-state index in [4.69, 9.17) is 4.74 Å². The van der Waals surface area contributed by atoms with Gasteiger partial charge in [-0.3, -0.25) is 4.79 Å². The van der Waals surface area contributed by atoms with Crippen LogP contribution in [-0.2, 0) is 4.79 Å². The molecule has 144 valence electrons. The molecule has 0 fully saturated rings. The van der Waals surface area contributed by atoms with Gasteiger partial charge in [0.2, 0.25) is 0 Å². The van der Waals surface area contributed by atoms with Gasteiger partial charge in [0.15, 0.2) is 17.7 Å². The average Bonchev–Trinajstić information content (AvgIpc) is 3.23. The molecule has 0 aliphatic rings. The number of amides is 1. The number of halogens is 2. The highest BCUT2D eigenvalue weighted by molar-refractivity contribution is 5.99. The summed E-state index contributed by atoms with van der Waals surface area (Å²) in [6, 6.07) is 10.4. The van der Waals surface area contributed by atoms with Crippen molar-refractivity contribution in [3.63, 3.8) is 0 Å². The van der Waals surface area contributed by atoms with E-state index in [0.29, 0.717) is 11.8 Å². The highest BCUT2D eigenvalue weighted by Crippen LogP contribution is 2.19. The van der Waals surface area contributed by atoms with Crippen LogP contribution in [0.15, 0.2) is 66.3 Å². The van der Waals surface area contributed by atoms with Crippen LogP contribution >= 0.6 is 0 Å². The van der Waals surface area contributed by atoms with Crippen molar-refractivity contribution < 1.29 is 18.3 Å². The van der Waals surface area contributed by atoms with Crippen molar-refractivity contribution in [1.29, 1.82) is 0 Å². The van der Waals surface area contributed by atoms with E-state index in [9.17, 15) is 13.6 Å². The minimum atomic E-state index is -1.01. The molecule has 0 saturated heterocycles. The minimum absolute atomic E-state index is 0.208. The topological polar surface area (TPSA) is 68.5 Å². The monoisotopic (exact) mass is 384 g/mol. The molecule has 28 heavy (non-hydrogen) atoms. The molecule has 8 heteroatoms. The highest BCUT2D eigenvalue weighted by Gasteiger charge is 2.16. The average molecular weight is 384 g/mol. The Labute approximate surface area is 160 Å². The van der Waals surface area contributed by atoms with Crippen molar-refractivity contribution >= 4 is 11.6 Å². The first kappa shape index (κ1) is 19.2. The smallest absolute Gasteiger partial charge is 0.280 e. The van der Waals surface area contributed by atoms with E-state index in [1.54, 1.807) is 19.4 Å². The van der Waals surface area contributed by atoms with Gasteiger partial charge in [0, 0.05) is 24.1 Å². The van der Waals surface area contributed by atoms with Gasteiger partial charge in [0.05, 0.1) is 12.0 Å². The predicted molar refractivity (Wildman–Crippen MR) is 100 cm³/mol. The van der Waals surface area contributed by atoms with Crippen molar-refractivity contribution in [3.8, 4) is 11.4 Å². The van der Waals surface area contributed by atoms with Gasteiger partial charge in [-0.25, -0.2) is 19.2 Å². The Morgan fingerprint density at radius 1 is 1.21 bits per heavy atom. The van der Waals surface area contributed by atoms with Gasteiger partial charge in [-0.1, -0.05) is 12.1 Å². The Hall–Kier alpha value is -3.55. The molecule has 0 bridgehead atoms. The molecule has 1 N–H and O–H groups in total. The maximum atomic E-state index is 13.6. The molecule has 0 aliphatic heterocycles. The highest BCUT2D eigenvalue weighted by atomic mass is 19.1. The van der Waals surface area contributed by atoms with Gasteiger partial charge in [0.25, 0.3) is 5.91 Å². The second-order valence-corrected chi connectivity index (χ2v) is 6.02. The zero-order chi connectivity index (χ0) is 20.1. The number of nitrogens with zero attached hydrogens (tertiary/aromatic N) is 3. The van der Waals surface area contributed by atoms with Crippen LogP contribution in [0.1, 0.15) is 19.4 Å². The second kappa shape index (κ2) is 8.43. The number of aromatic nitrogens is 2. The van der Waals surface area contributed by atoms with E-state index in [-0.39, 0.29) is 5.75 Å².